The summed E-state index contributed by atoms with van der Waals surface area (Å²) in [4.78, 5) is 18.7. The molecular weight excluding hydrogens is 250 g/mol. The number of nitrogens with zero attached hydrogens (tertiary/aromatic N) is 2. The number of fused-ring (bicyclic) bond motifs is 1. The van der Waals surface area contributed by atoms with Crippen LogP contribution >= 0.6 is 0 Å². The fraction of sp³-hybridized carbons (Fsp3) is 0.375. The lowest BCUT2D eigenvalue weighted by molar-refractivity contribution is 0.0963. The van der Waals surface area contributed by atoms with Crippen LogP contribution in [0.15, 0.2) is 30.3 Å². The molecule has 4 heteroatoms. The molecule has 0 unspecified atom stereocenters. The van der Waals surface area contributed by atoms with Crippen LogP contribution in [0.25, 0.3) is 10.9 Å². The van der Waals surface area contributed by atoms with Crippen molar-refractivity contribution in [1.82, 2.24) is 10.3 Å². The Morgan fingerprint density at radius 3 is 2.70 bits per heavy atom. The average molecular weight is 269 g/mol. The molecule has 4 nitrogen and oxygen atoms in total. The summed E-state index contributed by atoms with van der Waals surface area (Å²) in [5.41, 5.74) is 1.62. The third kappa shape index (κ3) is 2.46. The molecule has 1 fully saturated rings. The van der Waals surface area contributed by atoms with Crippen molar-refractivity contribution in [2.75, 3.05) is 25.0 Å². The van der Waals surface area contributed by atoms with Gasteiger partial charge >= 0.3 is 0 Å². The lowest BCUT2D eigenvalue weighted by Crippen LogP contribution is -2.30. The van der Waals surface area contributed by atoms with E-state index in [0.29, 0.717) is 5.56 Å². The monoisotopic (exact) mass is 269 g/mol. The molecule has 20 heavy (non-hydrogen) atoms. The Morgan fingerprint density at radius 2 is 1.95 bits per heavy atom. The van der Waals surface area contributed by atoms with E-state index in [2.05, 4.69) is 22.3 Å². The number of carbonyl (C=O) groups is 1. The summed E-state index contributed by atoms with van der Waals surface area (Å²) in [6.45, 7) is 2.18. The number of hydrogen-bond donors (Lipinski definition) is 1. The summed E-state index contributed by atoms with van der Waals surface area (Å²) >= 11 is 0. The lowest BCUT2D eigenvalue weighted by Gasteiger charge is -2.27. The molecule has 1 aromatic heterocycles. The van der Waals surface area contributed by atoms with Gasteiger partial charge in [-0.15, -0.1) is 0 Å². The van der Waals surface area contributed by atoms with Gasteiger partial charge in [-0.2, -0.15) is 0 Å². The zero-order valence-corrected chi connectivity index (χ0v) is 11.7. The zero-order chi connectivity index (χ0) is 13.9. The number of piperidine rings is 1. The molecule has 1 aliphatic heterocycles. The van der Waals surface area contributed by atoms with Gasteiger partial charge in [0, 0.05) is 31.1 Å². The number of anilines is 1. The van der Waals surface area contributed by atoms with Crippen LogP contribution in [-0.4, -0.2) is 31.0 Å². The first-order chi connectivity index (χ1) is 9.78. The minimum atomic E-state index is -0.0630. The van der Waals surface area contributed by atoms with Crippen molar-refractivity contribution in [3.63, 3.8) is 0 Å². The second-order valence-electron chi connectivity index (χ2n) is 5.20. The SMILES string of the molecule is CNC(=O)c1ccc2nc(N3CCCCC3)ccc2c1. The fourth-order valence-electron chi connectivity index (χ4n) is 2.70. The number of carbonyl (C=O) groups excluding carboxylic acids is 1. The second kappa shape index (κ2) is 5.49. The molecule has 0 aliphatic carbocycles. The highest BCUT2D eigenvalue weighted by molar-refractivity contribution is 5.97. The number of pyridine rings is 1. The van der Waals surface area contributed by atoms with Crippen molar-refractivity contribution in [3.05, 3.63) is 35.9 Å². The minimum Gasteiger partial charge on any atom is -0.357 e. The number of hydrogen-bond acceptors (Lipinski definition) is 3. The average Bonchev–Trinajstić information content (AvgIpc) is 2.54. The molecule has 1 aromatic carbocycles. The largest absolute Gasteiger partial charge is 0.357 e. The fourth-order valence-corrected chi connectivity index (χ4v) is 2.70. The van der Waals surface area contributed by atoms with E-state index in [4.69, 9.17) is 4.98 Å². The second-order valence-corrected chi connectivity index (χ2v) is 5.20. The quantitative estimate of drug-likeness (QED) is 0.911. The minimum absolute atomic E-state index is 0.0630. The molecule has 0 saturated carbocycles. The topological polar surface area (TPSA) is 45.2 Å². The summed E-state index contributed by atoms with van der Waals surface area (Å²) in [6, 6.07) is 9.75. The van der Waals surface area contributed by atoms with Crippen LogP contribution in [-0.2, 0) is 0 Å². The molecule has 1 aliphatic rings. The molecule has 104 valence electrons. The zero-order valence-electron chi connectivity index (χ0n) is 11.7. The molecule has 1 amide bonds. The number of amides is 1. The lowest BCUT2D eigenvalue weighted by atomic mass is 10.1. The van der Waals surface area contributed by atoms with Crippen LogP contribution in [0.1, 0.15) is 29.6 Å². The van der Waals surface area contributed by atoms with Crippen LogP contribution < -0.4 is 10.2 Å². The van der Waals surface area contributed by atoms with E-state index in [1.807, 2.05) is 18.2 Å². The maximum Gasteiger partial charge on any atom is 0.251 e. The Kier molecular flexibility index (Phi) is 3.54. The van der Waals surface area contributed by atoms with Crippen LogP contribution in [0.4, 0.5) is 5.82 Å². The van der Waals surface area contributed by atoms with Crippen LogP contribution in [0, 0.1) is 0 Å². The third-order valence-corrected chi connectivity index (χ3v) is 3.84. The maximum atomic E-state index is 11.6. The Morgan fingerprint density at radius 1 is 1.15 bits per heavy atom. The van der Waals surface area contributed by atoms with E-state index < -0.39 is 0 Å². The Hall–Kier alpha value is -2.10. The van der Waals surface area contributed by atoms with Gasteiger partial charge in [0.2, 0.25) is 0 Å². The summed E-state index contributed by atoms with van der Waals surface area (Å²) in [5, 5.41) is 3.65. The molecular formula is C16H19N3O. The summed E-state index contributed by atoms with van der Waals surface area (Å²) in [5.74, 6) is 0.983. The molecule has 0 bridgehead atoms. The first-order valence-electron chi connectivity index (χ1n) is 7.16. The molecule has 2 aromatic rings. The van der Waals surface area contributed by atoms with Crippen molar-refractivity contribution in [1.29, 1.82) is 0 Å². The predicted octanol–water partition coefficient (Wildman–Crippen LogP) is 2.58. The van der Waals surface area contributed by atoms with Crippen molar-refractivity contribution in [2.24, 2.45) is 0 Å². The maximum absolute atomic E-state index is 11.6. The number of aromatic nitrogens is 1. The van der Waals surface area contributed by atoms with E-state index >= 15 is 0 Å². The molecule has 1 saturated heterocycles. The van der Waals surface area contributed by atoms with Gasteiger partial charge in [0.25, 0.3) is 5.91 Å². The molecule has 0 atom stereocenters. The number of benzene rings is 1. The third-order valence-electron chi connectivity index (χ3n) is 3.84. The van der Waals surface area contributed by atoms with E-state index in [1.54, 1.807) is 7.05 Å². The summed E-state index contributed by atoms with van der Waals surface area (Å²) in [6.07, 6.45) is 3.81. The van der Waals surface area contributed by atoms with Crippen molar-refractivity contribution in [2.45, 2.75) is 19.3 Å². The predicted molar refractivity (Wildman–Crippen MR) is 81.2 cm³/mol. The van der Waals surface area contributed by atoms with Gasteiger partial charge in [-0.05, 0) is 49.6 Å². The highest BCUT2D eigenvalue weighted by atomic mass is 16.1. The standard InChI is InChI=1S/C16H19N3O/c1-17-16(20)13-5-7-14-12(11-13)6-8-15(18-14)19-9-3-2-4-10-19/h5-8,11H,2-4,9-10H2,1H3,(H,17,20). The van der Waals surface area contributed by atoms with Gasteiger partial charge in [-0.3, -0.25) is 4.79 Å². The molecule has 1 N–H and O–H groups in total. The van der Waals surface area contributed by atoms with E-state index in [0.717, 1.165) is 29.8 Å². The van der Waals surface area contributed by atoms with Crippen LogP contribution in [0.5, 0.6) is 0 Å². The van der Waals surface area contributed by atoms with Crippen molar-refractivity contribution < 1.29 is 4.79 Å². The smallest absolute Gasteiger partial charge is 0.251 e. The van der Waals surface area contributed by atoms with Gasteiger partial charge in [0.15, 0.2) is 0 Å². The van der Waals surface area contributed by atoms with Crippen molar-refractivity contribution >= 4 is 22.6 Å². The van der Waals surface area contributed by atoms with Gasteiger partial charge in [-0.25, -0.2) is 4.98 Å². The Balaban J connectivity index is 1.93. The normalized spacial score (nSPS) is 15.3. The highest BCUT2D eigenvalue weighted by Gasteiger charge is 2.12. The van der Waals surface area contributed by atoms with Gasteiger partial charge < -0.3 is 10.2 Å². The summed E-state index contributed by atoms with van der Waals surface area (Å²) in [7, 11) is 1.64. The van der Waals surface area contributed by atoms with Gasteiger partial charge in [0.05, 0.1) is 5.52 Å². The number of rotatable bonds is 2. The van der Waals surface area contributed by atoms with Crippen molar-refractivity contribution in [3.8, 4) is 0 Å². The van der Waals surface area contributed by atoms with Crippen LogP contribution in [0.3, 0.4) is 0 Å². The van der Waals surface area contributed by atoms with E-state index in [-0.39, 0.29) is 5.91 Å². The van der Waals surface area contributed by atoms with Crippen LogP contribution in [0.2, 0.25) is 0 Å². The molecule has 3 rings (SSSR count). The van der Waals surface area contributed by atoms with E-state index in [9.17, 15) is 4.79 Å². The van der Waals surface area contributed by atoms with E-state index in [1.165, 1.54) is 19.3 Å². The first-order valence-corrected chi connectivity index (χ1v) is 7.16. The highest BCUT2D eigenvalue weighted by Crippen LogP contribution is 2.22. The molecule has 2 heterocycles. The first kappa shape index (κ1) is 12.9. The molecule has 0 spiro atoms. The van der Waals surface area contributed by atoms with Gasteiger partial charge in [-0.1, -0.05) is 0 Å². The summed E-state index contributed by atoms with van der Waals surface area (Å²) < 4.78 is 0. The van der Waals surface area contributed by atoms with Gasteiger partial charge in [0.1, 0.15) is 5.82 Å². The Labute approximate surface area is 118 Å². The number of nitrogens with one attached hydrogen (secondary N) is 1. The Bertz CT molecular complexity index is 633. The molecule has 0 radical (unpaired) electrons.